The van der Waals surface area contributed by atoms with Gasteiger partial charge in [0.25, 0.3) is 0 Å². The molecule has 0 spiro atoms. The van der Waals surface area contributed by atoms with Gasteiger partial charge in [-0.15, -0.1) is 0 Å². The number of carbonyl (C=O) groups excluding carboxylic acids is 1. The predicted molar refractivity (Wildman–Crippen MR) is 144 cm³/mol. The Bertz CT molecular complexity index is 790. The van der Waals surface area contributed by atoms with E-state index < -0.39 is 8.32 Å². The number of ether oxygens (including phenoxy) is 1. The maximum absolute atomic E-state index is 11.4. The zero-order chi connectivity index (χ0) is 26.0. The van der Waals surface area contributed by atoms with Crippen LogP contribution in [-0.4, -0.2) is 38.2 Å². The number of fused-ring (bicyclic) bond motifs is 5. The van der Waals surface area contributed by atoms with Crippen molar-refractivity contribution in [2.45, 2.75) is 130 Å². The number of rotatable bonds is 5. The van der Waals surface area contributed by atoms with Crippen LogP contribution in [0.25, 0.3) is 0 Å². The zero-order valence-electron chi connectivity index (χ0n) is 24.2. The molecule has 10 atom stereocenters. The standard InChI is InChI=1S/C30H54O4Si/c1-19(18-33-20(2)31)25-17-26(32)27-23-11-10-21-16-22(34-35(8,9)28(3,4)5)12-14-29(21,6)24(23)13-15-30(25,27)7/h19,21-27,32H,10-18H2,1-9H3/t19-,21?,22+,23-,24+,25-,26+,27-,29+,30-/m1/s1. The Kier molecular flexibility index (Phi) is 7.43. The largest absolute Gasteiger partial charge is 0.466 e. The van der Waals surface area contributed by atoms with Crippen LogP contribution in [0.4, 0.5) is 0 Å². The highest BCUT2D eigenvalue weighted by molar-refractivity contribution is 6.74. The van der Waals surface area contributed by atoms with Crippen LogP contribution in [0.3, 0.4) is 0 Å². The Balaban J connectivity index is 1.48. The van der Waals surface area contributed by atoms with Crippen molar-refractivity contribution in [1.82, 2.24) is 0 Å². The molecular weight excluding hydrogens is 452 g/mol. The normalized spacial score (nSPS) is 44.7. The van der Waals surface area contributed by atoms with E-state index in [2.05, 4.69) is 54.6 Å². The Labute approximate surface area is 216 Å². The van der Waals surface area contributed by atoms with Crippen LogP contribution >= 0.6 is 0 Å². The monoisotopic (exact) mass is 506 g/mol. The third kappa shape index (κ3) is 4.80. The van der Waals surface area contributed by atoms with Crippen LogP contribution in [0, 0.1) is 46.3 Å². The maximum Gasteiger partial charge on any atom is 0.302 e. The van der Waals surface area contributed by atoms with Gasteiger partial charge in [0.05, 0.1) is 12.7 Å². The number of carbonyl (C=O) groups is 1. The molecule has 4 nitrogen and oxygen atoms in total. The number of aliphatic hydroxyl groups is 1. The molecule has 4 aliphatic rings. The van der Waals surface area contributed by atoms with Gasteiger partial charge in [-0.05, 0) is 116 Å². The summed E-state index contributed by atoms with van der Waals surface area (Å²) in [5, 5.41) is 11.7. The van der Waals surface area contributed by atoms with Crippen molar-refractivity contribution in [3.8, 4) is 0 Å². The van der Waals surface area contributed by atoms with Crippen molar-refractivity contribution in [1.29, 1.82) is 0 Å². The average molecular weight is 507 g/mol. The fourth-order valence-corrected chi connectivity index (χ4v) is 10.7. The van der Waals surface area contributed by atoms with E-state index in [0.29, 0.717) is 41.8 Å². The molecule has 4 aliphatic carbocycles. The molecule has 0 heterocycles. The molecule has 0 aromatic carbocycles. The molecule has 4 saturated carbocycles. The summed E-state index contributed by atoms with van der Waals surface area (Å²) in [6, 6.07) is 0. The molecule has 1 unspecified atom stereocenters. The topological polar surface area (TPSA) is 55.8 Å². The first-order valence-corrected chi connectivity index (χ1v) is 17.5. The Morgan fingerprint density at radius 2 is 1.71 bits per heavy atom. The van der Waals surface area contributed by atoms with Crippen molar-refractivity contribution in [2.75, 3.05) is 6.61 Å². The molecule has 5 heteroatoms. The Morgan fingerprint density at radius 1 is 1.06 bits per heavy atom. The average Bonchev–Trinajstić information content (AvgIpc) is 3.02. The molecule has 0 aliphatic heterocycles. The number of esters is 1. The number of hydrogen-bond donors (Lipinski definition) is 1. The second kappa shape index (κ2) is 9.41. The van der Waals surface area contributed by atoms with Gasteiger partial charge in [0.2, 0.25) is 0 Å². The van der Waals surface area contributed by atoms with Crippen LogP contribution in [0.5, 0.6) is 0 Å². The smallest absolute Gasteiger partial charge is 0.302 e. The second-order valence-electron chi connectivity index (χ2n) is 15.1. The maximum atomic E-state index is 11.4. The van der Waals surface area contributed by atoms with Gasteiger partial charge in [-0.25, -0.2) is 0 Å². The lowest BCUT2D eigenvalue weighted by molar-refractivity contribution is -0.148. The van der Waals surface area contributed by atoms with Crippen molar-refractivity contribution >= 4 is 14.3 Å². The molecule has 0 saturated heterocycles. The molecule has 0 radical (unpaired) electrons. The molecule has 1 N–H and O–H groups in total. The van der Waals surface area contributed by atoms with Crippen molar-refractivity contribution in [3.05, 3.63) is 0 Å². The highest BCUT2D eigenvalue weighted by Crippen LogP contribution is 2.68. The lowest BCUT2D eigenvalue weighted by Crippen LogP contribution is -2.56. The van der Waals surface area contributed by atoms with Crippen molar-refractivity contribution in [3.63, 3.8) is 0 Å². The molecule has 0 bridgehead atoms. The summed E-state index contributed by atoms with van der Waals surface area (Å²) >= 11 is 0. The van der Waals surface area contributed by atoms with Gasteiger partial charge in [-0.1, -0.05) is 41.5 Å². The third-order valence-corrected chi connectivity index (χ3v) is 16.7. The first-order valence-electron chi connectivity index (χ1n) is 14.6. The van der Waals surface area contributed by atoms with Crippen LogP contribution in [0.15, 0.2) is 0 Å². The summed E-state index contributed by atoms with van der Waals surface area (Å²) in [6.45, 7) is 21.1. The lowest BCUT2D eigenvalue weighted by Gasteiger charge is -2.62. The zero-order valence-corrected chi connectivity index (χ0v) is 25.2. The molecule has 0 aromatic heterocycles. The molecular formula is C30H54O4Si. The van der Waals surface area contributed by atoms with E-state index in [-0.39, 0.29) is 22.5 Å². The molecule has 35 heavy (non-hydrogen) atoms. The fourth-order valence-electron chi connectivity index (χ4n) is 9.28. The fraction of sp³-hybridized carbons (Fsp3) is 0.967. The van der Waals surface area contributed by atoms with E-state index >= 15 is 0 Å². The van der Waals surface area contributed by atoms with E-state index in [1.165, 1.54) is 51.9 Å². The number of aliphatic hydroxyl groups excluding tert-OH is 1. The van der Waals surface area contributed by atoms with E-state index in [9.17, 15) is 9.90 Å². The Morgan fingerprint density at radius 3 is 2.34 bits per heavy atom. The summed E-state index contributed by atoms with van der Waals surface area (Å²) in [6.07, 6.45) is 9.87. The highest BCUT2D eigenvalue weighted by atomic mass is 28.4. The van der Waals surface area contributed by atoms with Gasteiger partial charge < -0.3 is 14.3 Å². The molecule has 4 rings (SSSR count). The molecule has 202 valence electrons. The predicted octanol–water partition coefficient (Wildman–Crippen LogP) is 7.21. The van der Waals surface area contributed by atoms with E-state index in [4.69, 9.17) is 9.16 Å². The lowest BCUT2D eigenvalue weighted by atomic mass is 9.44. The van der Waals surface area contributed by atoms with Gasteiger partial charge >= 0.3 is 5.97 Å². The van der Waals surface area contributed by atoms with Gasteiger partial charge in [0.1, 0.15) is 0 Å². The second-order valence-corrected chi connectivity index (χ2v) is 19.8. The van der Waals surface area contributed by atoms with Crippen molar-refractivity contribution in [2.24, 2.45) is 46.3 Å². The van der Waals surface area contributed by atoms with Gasteiger partial charge in [-0.2, -0.15) is 0 Å². The minimum absolute atomic E-state index is 0.159. The van der Waals surface area contributed by atoms with Gasteiger partial charge in [-0.3, -0.25) is 4.79 Å². The summed E-state index contributed by atoms with van der Waals surface area (Å²) < 4.78 is 12.3. The summed E-state index contributed by atoms with van der Waals surface area (Å²) in [4.78, 5) is 11.4. The minimum atomic E-state index is -1.74. The van der Waals surface area contributed by atoms with E-state index in [0.717, 1.165) is 18.3 Å². The highest BCUT2D eigenvalue weighted by Gasteiger charge is 2.63. The minimum Gasteiger partial charge on any atom is -0.466 e. The van der Waals surface area contributed by atoms with Crippen LogP contribution < -0.4 is 0 Å². The summed E-state index contributed by atoms with van der Waals surface area (Å²) in [7, 11) is -1.74. The van der Waals surface area contributed by atoms with Crippen LogP contribution in [-0.2, 0) is 14.0 Å². The van der Waals surface area contributed by atoms with Crippen LogP contribution in [0.2, 0.25) is 18.1 Å². The van der Waals surface area contributed by atoms with E-state index in [1.54, 1.807) is 0 Å². The first-order chi connectivity index (χ1) is 16.1. The molecule has 0 amide bonds. The van der Waals surface area contributed by atoms with E-state index in [1.807, 2.05) is 0 Å². The Hall–Kier alpha value is -0.393. The molecule has 0 aromatic rings. The van der Waals surface area contributed by atoms with Crippen molar-refractivity contribution < 1.29 is 19.1 Å². The van der Waals surface area contributed by atoms with Gasteiger partial charge in [0, 0.05) is 13.0 Å². The quantitative estimate of drug-likeness (QED) is 0.316. The summed E-state index contributed by atoms with van der Waals surface area (Å²) in [5.74, 6) is 3.05. The van der Waals surface area contributed by atoms with Gasteiger partial charge in [0.15, 0.2) is 8.32 Å². The first kappa shape index (κ1) is 27.6. The summed E-state index contributed by atoms with van der Waals surface area (Å²) in [5.41, 5.74) is 0.546. The van der Waals surface area contributed by atoms with Crippen LogP contribution in [0.1, 0.15) is 99.8 Å². The number of hydrogen-bond acceptors (Lipinski definition) is 4. The SMILES string of the molecule is CC(=O)OC[C@@H](C)[C@H]1C[C@H](O)[C@H]2[C@@H]3CCC4C[C@@H](O[Si](C)(C)C(C)(C)C)CC[C@]4(C)[C@H]3CC[C@@]21C. The third-order valence-electron chi connectivity index (χ3n) is 12.2. The molecule has 4 fully saturated rings.